The molecule has 0 bridgehead atoms. The molecule has 2 fully saturated rings. The number of carboxylic acids is 2. The molecule has 434 valence electrons. The largest absolute Gasteiger partial charge is 0.481 e. The van der Waals surface area contributed by atoms with Crippen LogP contribution in [0, 0.1) is 23.7 Å². The Morgan fingerprint density at radius 3 is 1.53 bits per heavy atom. The molecule has 0 spiro atoms. The molecular weight excluding hydrogens is 1050 g/mol. The Morgan fingerprint density at radius 2 is 1.09 bits per heavy atom. The molecule has 26 heteroatoms. The van der Waals surface area contributed by atoms with Crippen LogP contribution in [0.2, 0.25) is 0 Å². The summed E-state index contributed by atoms with van der Waals surface area (Å²) >= 11 is 0. The highest BCUT2D eigenvalue weighted by atomic mass is 32.2. The normalized spacial score (nSPS) is 21.8. The number of hydrogen-bond acceptors (Lipinski definition) is 13. The van der Waals surface area contributed by atoms with Gasteiger partial charge in [0.2, 0.25) is 37.8 Å². The third kappa shape index (κ3) is 18.2. The number of fused-ring (bicyclic) bond motifs is 2. The second-order valence-corrected chi connectivity index (χ2v) is 24.8. The van der Waals surface area contributed by atoms with Gasteiger partial charge < -0.3 is 58.9 Å². The van der Waals surface area contributed by atoms with Crippen molar-refractivity contribution in [1.82, 2.24) is 24.6 Å². The Hall–Kier alpha value is -6.25. The molecule has 6 unspecified atom stereocenters. The second kappa shape index (κ2) is 29.1. The number of hydrogen-bond donors (Lipinski definition) is 11. The highest BCUT2D eigenvalue weighted by Crippen LogP contribution is 2.34. The van der Waals surface area contributed by atoms with Gasteiger partial charge in [-0.05, 0) is 124 Å². The maximum absolute atomic E-state index is 14.0. The van der Waals surface area contributed by atoms with E-state index in [1.54, 1.807) is 12.1 Å². The molecule has 0 aliphatic carbocycles. The molecular formula is C52H83N13O11S2. The lowest BCUT2D eigenvalue weighted by Gasteiger charge is -2.39. The summed E-state index contributed by atoms with van der Waals surface area (Å²) in [5, 5.41) is 27.8. The lowest BCUT2D eigenvalue weighted by Crippen LogP contribution is -2.58. The third-order valence-electron chi connectivity index (χ3n) is 14.5. The van der Waals surface area contributed by atoms with Crippen LogP contribution >= 0.6 is 0 Å². The van der Waals surface area contributed by atoms with Crippen LogP contribution in [0.25, 0.3) is 0 Å². The lowest BCUT2D eigenvalue weighted by molar-refractivity contribution is -0.153. The average Bonchev–Trinajstić information content (AvgIpc) is 3.41. The summed E-state index contributed by atoms with van der Waals surface area (Å²) in [6.07, 6.45) is 6.43. The van der Waals surface area contributed by atoms with Crippen LogP contribution in [0.5, 0.6) is 0 Å². The number of nitrogens with two attached hydrogens (primary N) is 4. The summed E-state index contributed by atoms with van der Waals surface area (Å²) in [5.41, 5.74) is 24.5. The first-order chi connectivity index (χ1) is 36.9. The van der Waals surface area contributed by atoms with Crippen LogP contribution in [0.3, 0.4) is 0 Å². The number of nitrogens with zero attached hydrogens (tertiary/aromatic N) is 4. The number of para-hydroxylation sites is 2. The quantitative estimate of drug-likeness (QED) is 0.0407. The lowest BCUT2D eigenvalue weighted by atomic mass is 9.91. The molecule has 78 heavy (non-hydrogen) atoms. The van der Waals surface area contributed by atoms with Gasteiger partial charge in [0.25, 0.3) is 0 Å². The molecule has 2 saturated heterocycles. The van der Waals surface area contributed by atoms with Crippen LogP contribution in [0.15, 0.2) is 56.2 Å². The molecule has 0 aromatic heterocycles. The molecule has 0 radical (unpaired) electrons. The molecule has 3 amide bonds. The molecule has 4 aliphatic rings. The van der Waals surface area contributed by atoms with E-state index in [0.717, 1.165) is 24.0 Å². The Kier molecular flexibility index (Phi) is 23.4. The summed E-state index contributed by atoms with van der Waals surface area (Å²) in [6.45, 7) is 10.8. The number of carbonyl (C=O) groups is 5. The SMILES string of the molecule is CC1CNc2c(cccc2S(=O)(=O)N[C@@H](CCCN=C(N)N)C(=O)N2CCC(C)CC2C(=O)NCCCCCC(=O)O)C1.CC1CNc2c(cccc2S(=O)(=O)N[C@@H](CCCN=C(N)N)C(=O)N2CCC(C)CC2C(=O)O)C1. The zero-order valence-corrected chi connectivity index (χ0v) is 47.0. The van der Waals surface area contributed by atoms with Crippen LogP contribution in [0.1, 0.15) is 116 Å². The van der Waals surface area contributed by atoms with Gasteiger partial charge in [-0.25, -0.2) is 21.6 Å². The zero-order valence-electron chi connectivity index (χ0n) is 45.4. The highest BCUT2D eigenvalue weighted by Gasteiger charge is 2.41. The number of unbranched alkanes of at least 4 members (excludes halogenated alkanes) is 2. The number of carbonyl (C=O) groups excluding carboxylic acids is 3. The van der Waals surface area contributed by atoms with Gasteiger partial charge in [-0.15, -0.1) is 0 Å². The van der Waals surface area contributed by atoms with Gasteiger partial charge in [0, 0.05) is 52.2 Å². The number of aliphatic carboxylic acids is 2. The molecule has 2 aromatic carbocycles. The van der Waals surface area contributed by atoms with Crippen molar-refractivity contribution in [3.8, 4) is 0 Å². The van der Waals surface area contributed by atoms with Crippen molar-refractivity contribution in [2.75, 3.05) is 56.4 Å². The Morgan fingerprint density at radius 1 is 0.641 bits per heavy atom. The Bertz CT molecular complexity index is 2700. The van der Waals surface area contributed by atoms with Crippen molar-refractivity contribution in [3.63, 3.8) is 0 Å². The van der Waals surface area contributed by atoms with Gasteiger partial charge in [0.05, 0.1) is 11.4 Å². The minimum absolute atomic E-state index is 0.0750. The van der Waals surface area contributed by atoms with E-state index in [1.807, 2.05) is 26.0 Å². The van der Waals surface area contributed by atoms with Crippen molar-refractivity contribution in [3.05, 3.63) is 47.5 Å². The maximum atomic E-state index is 14.0. The maximum Gasteiger partial charge on any atom is 0.326 e. The number of nitrogens with one attached hydrogen (secondary N) is 5. The van der Waals surface area contributed by atoms with Gasteiger partial charge in [-0.1, -0.05) is 58.4 Å². The summed E-state index contributed by atoms with van der Waals surface area (Å²) in [7, 11) is -8.22. The van der Waals surface area contributed by atoms with Crippen LogP contribution in [-0.4, -0.2) is 148 Å². The molecule has 6 rings (SSSR count). The fourth-order valence-corrected chi connectivity index (χ4v) is 13.3. The minimum atomic E-state index is -4.12. The number of anilines is 2. The number of guanidine groups is 2. The predicted molar refractivity (Wildman–Crippen MR) is 298 cm³/mol. The smallest absolute Gasteiger partial charge is 0.326 e. The highest BCUT2D eigenvalue weighted by molar-refractivity contribution is 7.90. The first-order valence-electron chi connectivity index (χ1n) is 27.1. The van der Waals surface area contributed by atoms with Crippen molar-refractivity contribution in [2.24, 2.45) is 56.6 Å². The predicted octanol–water partition coefficient (Wildman–Crippen LogP) is 2.08. The van der Waals surface area contributed by atoms with E-state index in [4.69, 9.17) is 28.0 Å². The molecule has 0 saturated carbocycles. The van der Waals surface area contributed by atoms with Gasteiger partial charge in [0.1, 0.15) is 34.0 Å². The third-order valence-corrected chi connectivity index (χ3v) is 17.6. The van der Waals surface area contributed by atoms with E-state index in [2.05, 4.69) is 49.2 Å². The fraction of sp³-hybridized carbons (Fsp3) is 0.635. The molecule has 4 aliphatic heterocycles. The number of amides is 3. The van der Waals surface area contributed by atoms with Gasteiger partial charge in [0.15, 0.2) is 11.9 Å². The first-order valence-corrected chi connectivity index (χ1v) is 30.0. The second-order valence-electron chi connectivity index (χ2n) is 21.4. The van der Waals surface area contributed by atoms with Crippen LogP contribution in [-0.2, 0) is 56.9 Å². The molecule has 8 atom stereocenters. The monoisotopic (exact) mass is 1130 g/mol. The summed E-state index contributed by atoms with van der Waals surface area (Å²) in [4.78, 5) is 74.2. The number of aliphatic imine (C=N–C) groups is 2. The number of rotatable bonds is 24. The van der Waals surface area contributed by atoms with E-state index in [-0.39, 0.29) is 78.3 Å². The first kappa shape index (κ1) is 62.6. The number of likely N-dealkylation sites (tertiary alicyclic amines) is 2. The minimum Gasteiger partial charge on any atom is -0.481 e. The Balaban J connectivity index is 0.000000293. The standard InChI is InChI=1S/C29H47N7O6S.C23H36N6O5S/c1-19-12-15-36(23(17-19)27(39)32-13-5-3-4-11-25(37)38)28(40)22(9-7-14-33-29(30)31)35-43(41,42)24-10-6-8-21-16-20(2)18-34-26(21)24;1-14-8-10-29(18(12-14)22(31)32)21(30)17(6-4-9-26-23(24)25)28-35(33,34)19-7-3-5-16-11-15(2)13-27-20(16)19/h6,8,10,19-20,22-23,34-35H,3-5,7,9,11-18H2,1-2H3,(H,32,39)(H,37,38)(H4,30,31,33);3,5,7,14-15,17-18,27-28H,4,6,8-13H2,1-2H3,(H,31,32)(H4,24,25,26)/t19?,20?,22-,23?;14?,15?,17-,18?/m00/s1. The van der Waals surface area contributed by atoms with E-state index in [1.165, 1.54) is 21.9 Å². The van der Waals surface area contributed by atoms with Gasteiger partial charge in [-0.3, -0.25) is 29.2 Å². The molecule has 2 aromatic rings. The summed E-state index contributed by atoms with van der Waals surface area (Å²) in [5.74, 6) is -2.36. The molecule has 15 N–H and O–H groups in total. The molecule has 4 heterocycles. The van der Waals surface area contributed by atoms with Crippen molar-refractivity contribution >= 4 is 73.0 Å². The number of sulfonamides is 2. The van der Waals surface area contributed by atoms with Crippen molar-refractivity contribution in [2.45, 2.75) is 152 Å². The van der Waals surface area contributed by atoms with Crippen LogP contribution in [0.4, 0.5) is 11.4 Å². The Labute approximate surface area is 458 Å². The summed E-state index contributed by atoms with van der Waals surface area (Å²) in [6, 6.07) is 6.21. The van der Waals surface area contributed by atoms with E-state index < -0.39 is 68.0 Å². The van der Waals surface area contributed by atoms with E-state index in [0.29, 0.717) is 107 Å². The van der Waals surface area contributed by atoms with Crippen molar-refractivity contribution in [1.29, 1.82) is 0 Å². The van der Waals surface area contributed by atoms with Crippen molar-refractivity contribution < 1.29 is 51.0 Å². The van der Waals surface area contributed by atoms with E-state index in [9.17, 15) is 45.9 Å². The zero-order chi connectivity index (χ0) is 57.3. The van der Waals surface area contributed by atoms with Crippen LogP contribution < -0.4 is 48.3 Å². The van der Waals surface area contributed by atoms with E-state index >= 15 is 0 Å². The number of piperidine rings is 2. The van der Waals surface area contributed by atoms with Gasteiger partial charge in [-0.2, -0.15) is 9.44 Å². The topological polar surface area (TPSA) is 390 Å². The average molecular weight is 1130 g/mol. The molecule has 24 nitrogen and oxygen atoms in total. The number of benzene rings is 2. The fourth-order valence-electron chi connectivity index (χ4n) is 10.4. The summed E-state index contributed by atoms with van der Waals surface area (Å²) < 4.78 is 59.7. The number of carboxylic acid groups (broad SMARTS) is 2. The van der Waals surface area contributed by atoms with Gasteiger partial charge >= 0.3 is 11.9 Å².